The predicted molar refractivity (Wildman–Crippen MR) is 105 cm³/mol. The van der Waals surface area contributed by atoms with E-state index >= 15 is 0 Å². The molecule has 0 unspecified atom stereocenters. The summed E-state index contributed by atoms with van der Waals surface area (Å²) in [5.74, 6) is 1.59. The third-order valence-electron chi connectivity index (χ3n) is 3.87. The highest BCUT2D eigenvalue weighted by Crippen LogP contribution is 2.23. The number of rotatable bonds is 9. The number of hydrogen-bond donors (Lipinski definition) is 4. The molecule has 1 aromatic carbocycles. The highest BCUT2D eigenvalue weighted by molar-refractivity contribution is 7.89. The minimum Gasteiger partial charge on any atom is -0.399 e. The second-order valence-electron chi connectivity index (χ2n) is 5.97. The van der Waals surface area contributed by atoms with Crippen LogP contribution in [0.5, 0.6) is 0 Å². The molecule has 0 spiro atoms. The standard InChI is InChI=1S/C17H26N6O2S/c1-12-11-22-13(2)23-17(12)21-9-5-4-8-20-15-10-14(18)6-7-16(15)26(24,25)19-3/h6-7,10-11,19-20H,4-5,8-9,18H2,1-3H3,(H,21,22,23). The summed E-state index contributed by atoms with van der Waals surface area (Å²) in [6.07, 6.45) is 3.58. The lowest BCUT2D eigenvalue weighted by molar-refractivity contribution is 0.588. The number of hydrogen-bond acceptors (Lipinski definition) is 7. The van der Waals surface area contributed by atoms with E-state index in [1.807, 2.05) is 13.8 Å². The van der Waals surface area contributed by atoms with E-state index in [4.69, 9.17) is 5.73 Å². The van der Waals surface area contributed by atoms with Crippen LogP contribution in [-0.2, 0) is 10.0 Å². The van der Waals surface area contributed by atoms with E-state index in [2.05, 4.69) is 25.3 Å². The highest BCUT2D eigenvalue weighted by Gasteiger charge is 2.16. The first-order chi connectivity index (χ1) is 12.3. The maximum Gasteiger partial charge on any atom is 0.242 e. The third-order valence-corrected chi connectivity index (χ3v) is 5.34. The summed E-state index contributed by atoms with van der Waals surface area (Å²) < 4.78 is 26.5. The minimum absolute atomic E-state index is 0.194. The monoisotopic (exact) mass is 378 g/mol. The Hall–Kier alpha value is -2.39. The first-order valence-electron chi connectivity index (χ1n) is 8.44. The van der Waals surface area contributed by atoms with Crippen molar-refractivity contribution in [3.63, 3.8) is 0 Å². The van der Waals surface area contributed by atoms with Gasteiger partial charge in [0, 0.05) is 30.5 Å². The average Bonchev–Trinajstić information content (AvgIpc) is 2.60. The van der Waals surface area contributed by atoms with Crippen molar-refractivity contribution in [2.24, 2.45) is 0 Å². The molecular weight excluding hydrogens is 352 g/mol. The molecule has 1 aromatic heterocycles. The zero-order valence-electron chi connectivity index (χ0n) is 15.3. The fraction of sp³-hybridized carbons (Fsp3) is 0.412. The summed E-state index contributed by atoms with van der Waals surface area (Å²) in [7, 11) is -2.15. The van der Waals surface area contributed by atoms with Crippen molar-refractivity contribution in [2.75, 3.05) is 36.5 Å². The summed E-state index contributed by atoms with van der Waals surface area (Å²) in [5.41, 5.74) is 7.81. The van der Waals surface area contributed by atoms with Crippen molar-refractivity contribution in [3.8, 4) is 0 Å². The van der Waals surface area contributed by atoms with Gasteiger partial charge in [0.15, 0.2) is 0 Å². The van der Waals surface area contributed by atoms with E-state index in [1.165, 1.54) is 13.1 Å². The first-order valence-corrected chi connectivity index (χ1v) is 9.93. The predicted octanol–water partition coefficient (Wildman–Crippen LogP) is 1.89. The van der Waals surface area contributed by atoms with Gasteiger partial charge in [-0.3, -0.25) is 0 Å². The normalized spacial score (nSPS) is 11.3. The Bertz CT molecular complexity index is 854. The number of aromatic nitrogens is 2. The molecule has 0 aliphatic rings. The van der Waals surface area contributed by atoms with Crippen molar-refractivity contribution >= 4 is 27.2 Å². The van der Waals surface area contributed by atoms with E-state index in [1.54, 1.807) is 18.3 Å². The molecule has 0 fully saturated rings. The molecule has 2 aromatic rings. The number of aryl methyl sites for hydroxylation is 2. The van der Waals surface area contributed by atoms with E-state index in [-0.39, 0.29) is 4.90 Å². The maximum atomic E-state index is 12.1. The Morgan fingerprint density at radius 3 is 2.50 bits per heavy atom. The van der Waals surface area contributed by atoms with E-state index in [0.29, 0.717) is 17.9 Å². The van der Waals surface area contributed by atoms with Crippen LogP contribution < -0.4 is 21.1 Å². The Morgan fingerprint density at radius 1 is 1.12 bits per heavy atom. The smallest absolute Gasteiger partial charge is 0.242 e. The molecule has 0 aliphatic carbocycles. The lowest BCUT2D eigenvalue weighted by Crippen LogP contribution is -2.20. The largest absolute Gasteiger partial charge is 0.399 e. The molecule has 0 aliphatic heterocycles. The number of benzene rings is 1. The van der Waals surface area contributed by atoms with Gasteiger partial charge in [-0.1, -0.05) is 0 Å². The molecular formula is C17H26N6O2S. The second kappa shape index (κ2) is 8.81. The fourth-order valence-corrected chi connectivity index (χ4v) is 3.31. The number of nitrogens with one attached hydrogen (secondary N) is 3. The van der Waals surface area contributed by atoms with Crippen LogP contribution in [-0.4, -0.2) is 38.5 Å². The Morgan fingerprint density at radius 2 is 1.81 bits per heavy atom. The van der Waals surface area contributed by atoms with Gasteiger partial charge in [0.05, 0.1) is 5.69 Å². The van der Waals surface area contributed by atoms with Gasteiger partial charge in [-0.15, -0.1) is 0 Å². The minimum atomic E-state index is -3.53. The molecule has 0 amide bonds. The third kappa shape index (κ3) is 5.30. The SMILES string of the molecule is CNS(=O)(=O)c1ccc(N)cc1NCCCCNc1nc(C)ncc1C. The summed E-state index contributed by atoms with van der Waals surface area (Å²) in [5, 5.41) is 6.46. The number of nitrogen functional groups attached to an aromatic ring is 1. The van der Waals surface area contributed by atoms with Gasteiger partial charge < -0.3 is 16.4 Å². The molecule has 0 saturated carbocycles. The van der Waals surface area contributed by atoms with Gasteiger partial charge in [-0.25, -0.2) is 23.1 Å². The van der Waals surface area contributed by atoms with Crippen molar-refractivity contribution in [2.45, 2.75) is 31.6 Å². The highest BCUT2D eigenvalue weighted by atomic mass is 32.2. The number of nitrogens with zero attached hydrogens (tertiary/aromatic N) is 2. The van der Waals surface area contributed by atoms with Crippen molar-refractivity contribution < 1.29 is 8.42 Å². The van der Waals surface area contributed by atoms with Crippen LogP contribution in [0.2, 0.25) is 0 Å². The first kappa shape index (κ1) is 19.9. The summed E-state index contributed by atoms with van der Waals surface area (Å²) in [6, 6.07) is 4.71. The molecule has 0 saturated heterocycles. The van der Waals surface area contributed by atoms with Gasteiger partial charge in [-0.2, -0.15) is 0 Å². The van der Waals surface area contributed by atoms with Crippen LogP contribution in [0, 0.1) is 13.8 Å². The molecule has 2 rings (SSSR count). The molecule has 1 heterocycles. The van der Waals surface area contributed by atoms with Crippen LogP contribution in [0.3, 0.4) is 0 Å². The molecule has 142 valence electrons. The molecule has 0 bridgehead atoms. The molecule has 5 N–H and O–H groups in total. The van der Waals surface area contributed by atoms with E-state index in [9.17, 15) is 8.42 Å². The summed E-state index contributed by atoms with van der Waals surface area (Å²) >= 11 is 0. The topological polar surface area (TPSA) is 122 Å². The van der Waals surface area contributed by atoms with Crippen LogP contribution in [0.15, 0.2) is 29.3 Å². The van der Waals surface area contributed by atoms with E-state index in [0.717, 1.165) is 36.6 Å². The molecule has 8 nitrogen and oxygen atoms in total. The van der Waals surface area contributed by atoms with Crippen molar-refractivity contribution in [1.29, 1.82) is 0 Å². The molecule has 9 heteroatoms. The Labute approximate surface area is 154 Å². The van der Waals surface area contributed by atoms with Crippen molar-refractivity contribution in [1.82, 2.24) is 14.7 Å². The van der Waals surface area contributed by atoms with Gasteiger partial charge >= 0.3 is 0 Å². The number of nitrogens with two attached hydrogens (primary N) is 1. The quantitative estimate of drug-likeness (QED) is 0.388. The second-order valence-corrected chi connectivity index (χ2v) is 7.83. The number of unbranched alkanes of at least 4 members (excludes halogenated alkanes) is 1. The van der Waals surface area contributed by atoms with E-state index < -0.39 is 10.0 Å². The average molecular weight is 379 g/mol. The lowest BCUT2D eigenvalue weighted by Gasteiger charge is -2.13. The summed E-state index contributed by atoms with van der Waals surface area (Å²) in [6.45, 7) is 5.24. The Balaban J connectivity index is 1.85. The zero-order valence-corrected chi connectivity index (χ0v) is 16.2. The fourth-order valence-electron chi connectivity index (χ4n) is 2.42. The lowest BCUT2D eigenvalue weighted by atomic mass is 10.2. The van der Waals surface area contributed by atoms with Crippen LogP contribution in [0.1, 0.15) is 24.2 Å². The number of anilines is 3. The molecule has 0 atom stereocenters. The molecule has 26 heavy (non-hydrogen) atoms. The molecule has 0 radical (unpaired) electrons. The maximum absolute atomic E-state index is 12.1. The van der Waals surface area contributed by atoms with Crippen molar-refractivity contribution in [3.05, 3.63) is 35.8 Å². The summed E-state index contributed by atoms with van der Waals surface area (Å²) in [4.78, 5) is 8.71. The van der Waals surface area contributed by atoms with Gasteiger partial charge in [-0.05, 0) is 51.9 Å². The number of sulfonamides is 1. The van der Waals surface area contributed by atoms with Gasteiger partial charge in [0.2, 0.25) is 10.0 Å². The Kier molecular flexibility index (Phi) is 6.76. The van der Waals surface area contributed by atoms with Crippen LogP contribution in [0.25, 0.3) is 0 Å². The van der Waals surface area contributed by atoms with Gasteiger partial charge in [0.25, 0.3) is 0 Å². The van der Waals surface area contributed by atoms with Crippen LogP contribution >= 0.6 is 0 Å². The zero-order chi connectivity index (χ0) is 19.2. The van der Waals surface area contributed by atoms with Gasteiger partial charge in [0.1, 0.15) is 16.5 Å². The van der Waals surface area contributed by atoms with Crippen LogP contribution in [0.4, 0.5) is 17.2 Å².